The molecule has 0 bridgehead atoms. The topological polar surface area (TPSA) is 76.8 Å². The summed E-state index contributed by atoms with van der Waals surface area (Å²) in [7, 11) is 5.25. The third-order valence-corrected chi connectivity index (χ3v) is 4.80. The van der Waals surface area contributed by atoms with E-state index in [1.165, 1.54) is 0 Å². The lowest BCUT2D eigenvalue weighted by Gasteiger charge is -2.28. The second kappa shape index (κ2) is 5.75. The minimum atomic E-state index is -0.543. The molecule has 0 aromatic carbocycles. The number of nitrogens with zero attached hydrogens (tertiary/aromatic N) is 1. The minimum absolute atomic E-state index is 0.114. The van der Waals surface area contributed by atoms with Crippen molar-refractivity contribution in [3.63, 3.8) is 0 Å². The van der Waals surface area contributed by atoms with Gasteiger partial charge in [0.1, 0.15) is 0 Å². The molecule has 19 heavy (non-hydrogen) atoms. The van der Waals surface area contributed by atoms with Crippen molar-refractivity contribution < 1.29 is 14.3 Å². The number of likely N-dealkylation sites (N-methyl/N-ethyl adjacent to an activating group) is 1. The number of primary amides is 1. The van der Waals surface area contributed by atoms with E-state index >= 15 is 0 Å². The first-order chi connectivity index (χ1) is 9.06. The molecule has 2 rings (SSSR count). The molecule has 4 unspecified atom stereocenters. The summed E-state index contributed by atoms with van der Waals surface area (Å²) in [5.41, 5.74) is 5.00. The number of likely N-dealkylation sites (tertiary alicyclic amines) is 1. The molecule has 6 nitrogen and oxygen atoms in total. The van der Waals surface area contributed by atoms with Crippen LogP contribution in [0.15, 0.2) is 0 Å². The maximum absolute atomic E-state index is 11.6. The molecule has 2 fully saturated rings. The van der Waals surface area contributed by atoms with Gasteiger partial charge >= 0.3 is 0 Å². The Balaban J connectivity index is 2.00. The van der Waals surface area contributed by atoms with E-state index in [0.29, 0.717) is 6.04 Å². The molecule has 1 amide bonds. The van der Waals surface area contributed by atoms with E-state index in [9.17, 15) is 4.79 Å². The first-order valence-electron chi connectivity index (χ1n) is 6.84. The Hall–Kier alpha value is -0.690. The van der Waals surface area contributed by atoms with Crippen LogP contribution in [0, 0.1) is 0 Å². The van der Waals surface area contributed by atoms with E-state index in [0.717, 1.165) is 32.4 Å². The fourth-order valence-electron chi connectivity index (χ4n) is 3.43. The highest BCUT2D eigenvalue weighted by Crippen LogP contribution is 2.35. The maximum Gasteiger partial charge on any atom is 0.237 e. The molecule has 0 aromatic heterocycles. The van der Waals surface area contributed by atoms with Crippen molar-refractivity contribution in [2.45, 2.75) is 43.1 Å². The summed E-state index contributed by atoms with van der Waals surface area (Å²) < 4.78 is 10.9. The Morgan fingerprint density at radius 2 is 1.89 bits per heavy atom. The van der Waals surface area contributed by atoms with E-state index in [-0.39, 0.29) is 18.1 Å². The molecule has 3 N–H and O–H groups in total. The Kier molecular flexibility index (Phi) is 4.45. The fourth-order valence-corrected chi connectivity index (χ4v) is 3.43. The number of methoxy groups -OCH3 is 2. The SMILES string of the molecule is CNC1(C(N)=O)CCC(N2CC(OC)C(OC)C2)C1. The summed E-state index contributed by atoms with van der Waals surface area (Å²) in [6.45, 7) is 1.72. The number of carbonyl (C=O) groups excluding carboxylic acids is 1. The van der Waals surface area contributed by atoms with Gasteiger partial charge in [-0.1, -0.05) is 0 Å². The van der Waals surface area contributed by atoms with Gasteiger partial charge in [-0.3, -0.25) is 9.69 Å². The maximum atomic E-state index is 11.6. The molecular weight excluding hydrogens is 246 g/mol. The molecule has 0 spiro atoms. The lowest BCUT2D eigenvalue weighted by Crippen LogP contribution is -2.53. The molecule has 6 heteroatoms. The van der Waals surface area contributed by atoms with Crippen LogP contribution in [0.2, 0.25) is 0 Å². The summed E-state index contributed by atoms with van der Waals surface area (Å²) in [6.07, 6.45) is 2.78. The van der Waals surface area contributed by atoms with Gasteiger partial charge in [-0.2, -0.15) is 0 Å². The highest BCUT2D eigenvalue weighted by atomic mass is 16.5. The van der Waals surface area contributed by atoms with E-state index in [1.807, 2.05) is 7.05 Å². The third-order valence-electron chi connectivity index (χ3n) is 4.80. The summed E-state index contributed by atoms with van der Waals surface area (Å²) in [6, 6.07) is 0.373. The standard InChI is InChI=1S/C13H25N3O3/c1-15-13(12(14)17)5-4-9(6-13)16-7-10(18-2)11(8-16)19-3/h9-11,15H,4-8H2,1-3H3,(H2,14,17). The molecule has 0 aromatic rings. The molecule has 2 aliphatic rings. The van der Waals surface area contributed by atoms with Crippen molar-refractivity contribution >= 4 is 5.91 Å². The average Bonchev–Trinajstić information content (AvgIpc) is 3.02. The van der Waals surface area contributed by atoms with Gasteiger partial charge in [0.15, 0.2) is 0 Å². The van der Waals surface area contributed by atoms with Crippen LogP contribution in [0.4, 0.5) is 0 Å². The second-order valence-electron chi connectivity index (χ2n) is 5.60. The predicted octanol–water partition coefficient (Wildman–Crippen LogP) is -0.672. The van der Waals surface area contributed by atoms with E-state index < -0.39 is 5.54 Å². The van der Waals surface area contributed by atoms with Gasteiger partial charge in [0.05, 0.1) is 17.7 Å². The van der Waals surface area contributed by atoms with Crippen LogP contribution in [0.3, 0.4) is 0 Å². The molecule has 110 valence electrons. The Morgan fingerprint density at radius 1 is 1.32 bits per heavy atom. The first-order valence-corrected chi connectivity index (χ1v) is 6.84. The Morgan fingerprint density at radius 3 is 2.26 bits per heavy atom. The molecular formula is C13H25N3O3. The zero-order chi connectivity index (χ0) is 14.0. The number of ether oxygens (including phenoxy) is 2. The van der Waals surface area contributed by atoms with Crippen molar-refractivity contribution in [1.82, 2.24) is 10.2 Å². The fraction of sp³-hybridized carbons (Fsp3) is 0.923. The van der Waals surface area contributed by atoms with Crippen LogP contribution in [0.1, 0.15) is 19.3 Å². The Bertz CT molecular complexity index is 327. The van der Waals surface area contributed by atoms with Crippen LogP contribution >= 0.6 is 0 Å². The summed E-state index contributed by atoms with van der Waals surface area (Å²) in [5.74, 6) is -0.247. The van der Waals surface area contributed by atoms with Gasteiger partial charge in [0, 0.05) is 33.4 Å². The normalized spacial score (nSPS) is 39.8. The smallest absolute Gasteiger partial charge is 0.237 e. The molecule has 1 saturated carbocycles. The molecule has 1 aliphatic heterocycles. The van der Waals surface area contributed by atoms with Crippen molar-refractivity contribution in [3.8, 4) is 0 Å². The number of nitrogens with one attached hydrogen (secondary N) is 1. The van der Waals surface area contributed by atoms with E-state index in [2.05, 4.69) is 10.2 Å². The quantitative estimate of drug-likeness (QED) is 0.693. The zero-order valence-electron chi connectivity index (χ0n) is 12.0. The monoisotopic (exact) mass is 271 g/mol. The molecule has 4 atom stereocenters. The Labute approximate surface area is 114 Å². The highest BCUT2D eigenvalue weighted by Gasteiger charge is 2.47. The molecule has 1 heterocycles. The van der Waals surface area contributed by atoms with E-state index in [4.69, 9.17) is 15.2 Å². The number of hydrogen-bond acceptors (Lipinski definition) is 5. The summed E-state index contributed by atoms with van der Waals surface area (Å²) >= 11 is 0. The van der Waals surface area contributed by atoms with Crippen LogP contribution in [-0.2, 0) is 14.3 Å². The second-order valence-corrected chi connectivity index (χ2v) is 5.60. The van der Waals surface area contributed by atoms with Gasteiger partial charge in [-0.25, -0.2) is 0 Å². The first kappa shape index (κ1) is 14.7. The number of nitrogens with two attached hydrogens (primary N) is 1. The molecule has 1 saturated heterocycles. The van der Waals surface area contributed by atoms with Gasteiger partial charge in [-0.05, 0) is 26.3 Å². The third kappa shape index (κ3) is 2.63. The van der Waals surface area contributed by atoms with Crippen LogP contribution in [0.25, 0.3) is 0 Å². The van der Waals surface area contributed by atoms with Crippen molar-refractivity contribution in [2.75, 3.05) is 34.4 Å². The van der Waals surface area contributed by atoms with Crippen molar-refractivity contribution in [3.05, 3.63) is 0 Å². The molecule has 1 aliphatic carbocycles. The van der Waals surface area contributed by atoms with Gasteiger partial charge in [0.2, 0.25) is 5.91 Å². The lowest BCUT2D eigenvalue weighted by molar-refractivity contribution is -0.124. The number of rotatable bonds is 5. The van der Waals surface area contributed by atoms with Gasteiger partial charge < -0.3 is 20.5 Å². The van der Waals surface area contributed by atoms with Gasteiger partial charge in [-0.15, -0.1) is 0 Å². The summed E-state index contributed by atoms with van der Waals surface area (Å²) in [5, 5.41) is 3.12. The zero-order valence-corrected chi connectivity index (χ0v) is 12.0. The average molecular weight is 271 g/mol. The predicted molar refractivity (Wildman–Crippen MR) is 71.8 cm³/mol. The van der Waals surface area contributed by atoms with Crippen LogP contribution < -0.4 is 11.1 Å². The summed E-state index contributed by atoms with van der Waals surface area (Å²) in [4.78, 5) is 14.0. The number of carbonyl (C=O) groups is 1. The van der Waals surface area contributed by atoms with Crippen molar-refractivity contribution in [2.24, 2.45) is 5.73 Å². The lowest BCUT2D eigenvalue weighted by atomic mass is 9.96. The number of hydrogen-bond donors (Lipinski definition) is 2. The minimum Gasteiger partial charge on any atom is -0.377 e. The van der Waals surface area contributed by atoms with Gasteiger partial charge in [0.25, 0.3) is 0 Å². The largest absolute Gasteiger partial charge is 0.377 e. The van der Waals surface area contributed by atoms with E-state index in [1.54, 1.807) is 14.2 Å². The molecule has 0 radical (unpaired) electrons. The van der Waals surface area contributed by atoms with Crippen molar-refractivity contribution in [1.29, 1.82) is 0 Å². The highest BCUT2D eigenvalue weighted by molar-refractivity contribution is 5.85. The number of amides is 1. The van der Waals surface area contributed by atoms with Crippen LogP contribution in [0.5, 0.6) is 0 Å². The van der Waals surface area contributed by atoms with Crippen LogP contribution in [-0.4, -0.2) is 69.0 Å².